The lowest BCUT2D eigenvalue weighted by molar-refractivity contribution is -0.137. The minimum absolute atomic E-state index is 0.0570. The van der Waals surface area contributed by atoms with Crippen LogP contribution in [-0.4, -0.2) is 45.7 Å². The molecule has 0 aromatic heterocycles. The van der Waals surface area contributed by atoms with E-state index in [1.165, 1.54) is 0 Å². The Morgan fingerprint density at radius 1 is 1.10 bits per heavy atom. The highest BCUT2D eigenvalue weighted by Gasteiger charge is 2.52. The van der Waals surface area contributed by atoms with Gasteiger partial charge in [0.2, 0.25) is 0 Å². The summed E-state index contributed by atoms with van der Waals surface area (Å²) in [7, 11) is 0. The van der Waals surface area contributed by atoms with E-state index in [1.807, 2.05) is 24.0 Å². The number of aliphatic carboxylic acids is 1. The van der Waals surface area contributed by atoms with Gasteiger partial charge in [-0.1, -0.05) is 63.0 Å². The average molecular weight is 587 g/mol. The maximum atomic E-state index is 14.2. The number of nitrogens with zero attached hydrogens (tertiary/aromatic N) is 2. The number of rotatable bonds is 8. The second-order valence-corrected chi connectivity index (χ2v) is 12.7. The Kier molecular flexibility index (Phi) is 8.96. The summed E-state index contributed by atoms with van der Waals surface area (Å²) >= 11 is 12.6. The first-order valence-electron chi connectivity index (χ1n) is 13.8. The number of aliphatic imine (C=N–C) groups is 1. The number of benzene rings is 2. The summed E-state index contributed by atoms with van der Waals surface area (Å²) in [6.07, 6.45) is 3.98. The van der Waals surface area contributed by atoms with Gasteiger partial charge >= 0.3 is 5.97 Å². The number of nitrogens with one attached hydrogen (secondary N) is 1. The van der Waals surface area contributed by atoms with Crippen molar-refractivity contribution in [3.63, 3.8) is 0 Å². The maximum Gasteiger partial charge on any atom is 0.305 e. The average Bonchev–Trinajstić information content (AvgIpc) is 3.15. The van der Waals surface area contributed by atoms with Crippen LogP contribution in [0.15, 0.2) is 47.5 Å². The fourth-order valence-corrected chi connectivity index (χ4v) is 6.56. The van der Waals surface area contributed by atoms with E-state index in [1.54, 1.807) is 30.3 Å². The molecule has 1 aliphatic heterocycles. The second kappa shape index (κ2) is 11.9. The van der Waals surface area contributed by atoms with Crippen LogP contribution in [0.2, 0.25) is 10.0 Å². The van der Waals surface area contributed by atoms with E-state index < -0.39 is 11.6 Å². The van der Waals surface area contributed by atoms with Gasteiger partial charge in [0, 0.05) is 27.7 Å². The Hall–Kier alpha value is -2.90. The molecule has 1 saturated carbocycles. The molecule has 2 aliphatic rings. The van der Waals surface area contributed by atoms with Gasteiger partial charge in [-0.05, 0) is 79.3 Å². The predicted molar refractivity (Wildman–Crippen MR) is 158 cm³/mol. The van der Waals surface area contributed by atoms with Crippen molar-refractivity contribution in [1.82, 2.24) is 10.2 Å². The first kappa shape index (κ1) is 30.1. The molecule has 1 heterocycles. The molecule has 1 fully saturated rings. The molecule has 2 N–H and O–H groups in total. The predicted octanol–water partition coefficient (Wildman–Crippen LogP) is 6.91. The molecule has 0 radical (unpaired) electrons. The Morgan fingerprint density at radius 2 is 1.70 bits per heavy atom. The number of hydrogen-bond donors (Lipinski definition) is 2. The molecule has 2 aromatic carbocycles. The molecule has 1 spiro atoms. The van der Waals surface area contributed by atoms with Gasteiger partial charge in [-0.25, -0.2) is 0 Å². The quantitative estimate of drug-likeness (QED) is 0.351. The third-order valence-corrected chi connectivity index (χ3v) is 8.65. The van der Waals surface area contributed by atoms with Crippen molar-refractivity contribution in [3.05, 3.63) is 69.2 Å². The smallest absolute Gasteiger partial charge is 0.305 e. The molecule has 1 atom stereocenters. The number of carbonyl (C=O) groups excluding carboxylic acids is 2. The summed E-state index contributed by atoms with van der Waals surface area (Å²) in [5.74, 6) is -0.911. The van der Waals surface area contributed by atoms with Crippen LogP contribution in [0.25, 0.3) is 0 Å². The SMILES string of the molecule is CC[C@H](c1ccc(C(=O)NCCC(=O)O)cc1)N1C(=O)C(c2cc(Cl)cc(Cl)c2)=NC12CCC(C(C)(C)C)CC2. The molecule has 0 bridgehead atoms. The van der Waals surface area contributed by atoms with Crippen LogP contribution >= 0.6 is 23.2 Å². The molecule has 9 heteroatoms. The van der Waals surface area contributed by atoms with Gasteiger partial charge in [-0.15, -0.1) is 0 Å². The lowest BCUT2D eigenvalue weighted by atomic mass is 9.69. The fraction of sp³-hybridized carbons (Fsp3) is 0.484. The Bertz CT molecular complexity index is 1290. The number of carbonyl (C=O) groups is 3. The van der Waals surface area contributed by atoms with Crippen LogP contribution in [0.1, 0.15) is 93.7 Å². The van der Waals surface area contributed by atoms with Crippen LogP contribution in [0, 0.1) is 11.3 Å². The van der Waals surface area contributed by atoms with Crippen LogP contribution in [0.3, 0.4) is 0 Å². The molecule has 4 rings (SSSR count). The molecule has 7 nitrogen and oxygen atoms in total. The molecular weight excluding hydrogens is 549 g/mol. The minimum atomic E-state index is -0.969. The summed E-state index contributed by atoms with van der Waals surface area (Å²) in [6, 6.07) is 12.0. The number of halogens is 2. The summed E-state index contributed by atoms with van der Waals surface area (Å²) in [4.78, 5) is 44.6. The zero-order chi connectivity index (χ0) is 29.2. The van der Waals surface area contributed by atoms with Crippen molar-refractivity contribution in [1.29, 1.82) is 0 Å². The van der Waals surface area contributed by atoms with Crippen molar-refractivity contribution in [3.8, 4) is 0 Å². The largest absolute Gasteiger partial charge is 0.481 e. The molecular formula is C31H37Cl2N3O4. The maximum absolute atomic E-state index is 14.2. The zero-order valence-corrected chi connectivity index (χ0v) is 25.0. The van der Waals surface area contributed by atoms with Gasteiger partial charge < -0.3 is 15.3 Å². The highest BCUT2D eigenvalue weighted by Crippen LogP contribution is 2.49. The molecule has 0 saturated heterocycles. The van der Waals surface area contributed by atoms with Crippen LogP contribution in [0.4, 0.5) is 0 Å². The van der Waals surface area contributed by atoms with E-state index >= 15 is 0 Å². The van der Waals surface area contributed by atoms with Gasteiger partial charge in [-0.2, -0.15) is 0 Å². The van der Waals surface area contributed by atoms with E-state index in [9.17, 15) is 14.4 Å². The normalized spacial score (nSPS) is 21.9. The topological polar surface area (TPSA) is 99.1 Å². The highest BCUT2D eigenvalue weighted by atomic mass is 35.5. The number of amides is 2. The highest BCUT2D eigenvalue weighted by molar-refractivity contribution is 6.47. The monoisotopic (exact) mass is 585 g/mol. The fourth-order valence-electron chi connectivity index (χ4n) is 6.03. The Morgan fingerprint density at radius 3 is 2.23 bits per heavy atom. The van der Waals surface area contributed by atoms with Crippen molar-refractivity contribution in [2.45, 2.75) is 77.9 Å². The molecule has 2 aromatic rings. The third kappa shape index (κ3) is 6.36. The zero-order valence-electron chi connectivity index (χ0n) is 23.5. The lowest BCUT2D eigenvalue weighted by Crippen LogP contribution is -2.51. The van der Waals surface area contributed by atoms with Gasteiger partial charge in [0.05, 0.1) is 12.5 Å². The van der Waals surface area contributed by atoms with E-state index in [-0.39, 0.29) is 36.2 Å². The summed E-state index contributed by atoms with van der Waals surface area (Å²) < 4.78 is 0. The minimum Gasteiger partial charge on any atom is -0.481 e. The summed E-state index contributed by atoms with van der Waals surface area (Å²) in [6.45, 7) is 8.91. The number of carboxylic acids is 1. The Labute approximate surface area is 246 Å². The van der Waals surface area contributed by atoms with Crippen molar-refractivity contribution in [2.24, 2.45) is 16.3 Å². The molecule has 1 aliphatic carbocycles. The van der Waals surface area contributed by atoms with Crippen molar-refractivity contribution < 1.29 is 19.5 Å². The van der Waals surface area contributed by atoms with Crippen molar-refractivity contribution in [2.75, 3.05) is 6.54 Å². The van der Waals surface area contributed by atoms with E-state index in [0.717, 1.165) is 31.2 Å². The van der Waals surface area contributed by atoms with Crippen molar-refractivity contribution >= 4 is 46.7 Å². The summed E-state index contributed by atoms with van der Waals surface area (Å²) in [5, 5.41) is 12.3. The van der Waals surface area contributed by atoms with Crippen LogP contribution in [-0.2, 0) is 9.59 Å². The van der Waals surface area contributed by atoms with Crippen LogP contribution in [0.5, 0.6) is 0 Å². The van der Waals surface area contributed by atoms with Gasteiger partial charge in [-0.3, -0.25) is 19.4 Å². The number of hydrogen-bond acceptors (Lipinski definition) is 4. The molecule has 2 amide bonds. The first-order chi connectivity index (χ1) is 18.8. The standard InChI is InChI=1S/C31H37Cl2N3O4/c1-5-25(19-6-8-20(9-7-19)28(39)34-15-12-26(37)38)36-29(40)27(21-16-23(32)18-24(33)17-21)35-31(36)13-10-22(11-14-31)30(2,3)4/h6-9,16-18,22,25H,5,10-15H2,1-4H3,(H,34,39)(H,37,38)/t22?,25-,31?/m1/s1. The molecule has 0 unspecified atom stereocenters. The molecule has 40 heavy (non-hydrogen) atoms. The first-order valence-corrected chi connectivity index (χ1v) is 14.6. The number of carboxylic acid groups (broad SMARTS) is 1. The van der Waals surface area contributed by atoms with E-state index in [4.69, 9.17) is 33.3 Å². The van der Waals surface area contributed by atoms with Gasteiger partial charge in [0.25, 0.3) is 11.8 Å². The lowest BCUT2D eigenvalue weighted by Gasteiger charge is -2.47. The van der Waals surface area contributed by atoms with Gasteiger partial charge in [0.15, 0.2) is 0 Å². The third-order valence-electron chi connectivity index (χ3n) is 8.22. The Balaban J connectivity index is 1.67. The molecule has 214 valence electrons. The second-order valence-electron chi connectivity index (χ2n) is 11.9. The summed E-state index contributed by atoms with van der Waals surface area (Å²) in [5.41, 5.74) is 1.85. The van der Waals surface area contributed by atoms with E-state index in [2.05, 4.69) is 26.1 Å². The van der Waals surface area contributed by atoms with E-state index in [0.29, 0.717) is 39.2 Å². The van der Waals surface area contributed by atoms with Crippen LogP contribution < -0.4 is 5.32 Å². The van der Waals surface area contributed by atoms with Gasteiger partial charge in [0.1, 0.15) is 11.4 Å².